The van der Waals surface area contributed by atoms with Crippen molar-refractivity contribution < 1.29 is 0 Å². The summed E-state index contributed by atoms with van der Waals surface area (Å²) in [6.07, 6.45) is 2.28. The van der Waals surface area contributed by atoms with Crippen LogP contribution in [-0.4, -0.2) is 24.1 Å². The molecule has 0 saturated heterocycles. The fourth-order valence-corrected chi connectivity index (χ4v) is 0.951. The zero-order valence-electron chi connectivity index (χ0n) is 6.69. The lowest BCUT2D eigenvalue weighted by Crippen LogP contribution is -2.20. The molecule has 0 radical (unpaired) electrons. The van der Waals surface area contributed by atoms with Gasteiger partial charge >= 0.3 is 0 Å². The number of nitrogens with zero attached hydrogens (tertiary/aromatic N) is 4. The van der Waals surface area contributed by atoms with E-state index in [-0.39, 0.29) is 6.04 Å². The van der Waals surface area contributed by atoms with Crippen molar-refractivity contribution in [3.63, 3.8) is 0 Å². The number of hydrogen-bond acceptors (Lipinski definition) is 4. The molecule has 0 aromatic carbocycles. The van der Waals surface area contributed by atoms with Gasteiger partial charge in [-0.3, -0.25) is 5.01 Å². The fraction of sp³-hybridized carbons (Fsp3) is 0.857. The molecule has 0 fully saturated rings. The highest BCUT2D eigenvalue weighted by Gasteiger charge is 2.16. The third-order valence-electron chi connectivity index (χ3n) is 1.62. The highest BCUT2D eigenvalue weighted by atomic mass is 15.6. The maximum Gasteiger partial charge on any atom is 0.178 e. The van der Waals surface area contributed by atoms with Gasteiger partial charge in [0.25, 0.3) is 0 Å². The summed E-state index contributed by atoms with van der Waals surface area (Å²) in [4.78, 5) is 0. The summed E-state index contributed by atoms with van der Waals surface area (Å²) in [6.45, 7) is 3.74. The Morgan fingerprint density at radius 2 is 2.55 bits per heavy atom. The third-order valence-corrected chi connectivity index (χ3v) is 1.62. The van der Waals surface area contributed by atoms with Crippen molar-refractivity contribution in [1.82, 2.24) is 5.01 Å². The van der Waals surface area contributed by atoms with Crippen LogP contribution in [0.4, 0.5) is 0 Å². The first-order valence-corrected chi connectivity index (χ1v) is 3.92. The second-order valence-electron chi connectivity index (χ2n) is 2.62. The van der Waals surface area contributed by atoms with Gasteiger partial charge in [-0.25, -0.2) is 0 Å². The summed E-state index contributed by atoms with van der Waals surface area (Å²) in [7, 11) is 0. The average molecular weight is 152 g/mol. The van der Waals surface area contributed by atoms with E-state index in [4.69, 9.17) is 5.26 Å². The largest absolute Gasteiger partial charge is 0.275 e. The van der Waals surface area contributed by atoms with Gasteiger partial charge < -0.3 is 0 Å². The molecule has 4 nitrogen and oxygen atoms in total. The van der Waals surface area contributed by atoms with Gasteiger partial charge in [-0.1, -0.05) is 18.6 Å². The lowest BCUT2D eigenvalue weighted by Gasteiger charge is -2.09. The molecule has 0 spiro atoms. The molecule has 1 atom stereocenters. The first-order valence-electron chi connectivity index (χ1n) is 3.92. The Morgan fingerprint density at radius 1 is 1.73 bits per heavy atom. The van der Waals surface area contributed by atoms with Crippen LogP contribution < -0.4 is 0 Å². The number of unbranched alkanes of at least 4 members (excludes halogenated alkanes) is 1. The van der Waals surface area contributed by atoms with E-state index in [2.05, 4.69) is 23.3 Å². The lowest BCUT2D eigenvalue weighted by atomic mass is 10.3. The molecule has 1 aliphatic heterocycles. The number of nitriles is 1. The molecule has 0 bridgehead atoms. The van der Waals surface area contributed by atoms with E-state index in [1.165, 1.54) is 0 Å². The average Bonchev–Trinajstić information content (AvgIpc) is 2.48. The predicted octanol–water partition coefficient (Wildman–Crippen LogP) is 1.36. The van der Waals surface area contributed by atoms with E-state index in [1.54, 1.807) is 0 Å². The molecule has 60 valence electrons. The smallest absolute Gasteiger partial charge is 0.178 e. The van der Waals surface area contributed by atoms with Crippen LogP contribution in [0.5, 0.6) is 0 Å². The molecule has 1 heterocycles. The number of rotatable bonds is 3. The third kappa shape index (κ3) is 2.19. The Balaban J connectivity index is 2.22. The Bertz CT molecular complexity index is 181. The van der Waals surface area contributed by atoms with Gasteiger partial charge in [-0.15, -0.1) is 0 Å². The van der Waals surface area contributed by atoms with Crippen molar-refractivity contribution >= 4 is 0 Å². The summed E-state index contributed by atoms with van der Waals surface area (Å²) in [5, 5.41) is 18.0. The molecule has 0 amide bonds. The molecule has 0 saturated carbocycles. The molecule has 4 heteroatoms. The normalized spacial score (nSPS) is 22.2. The SMILES string of the molecule is CCCCN1C[C@H](C#N)N=N1. The lowest BCUT2D eigenvalue weighted by molar-refractivity contribution is 0.308. The summed E-state index contributed by atoms with van der Waals surface area (Å²) >= 11 is 0. The monoisotopic (exact) mass is 152 g/mol. The highest BCUT2D eigenvalue weighted by Crippen LogP contribution is 2.08. The minimum Gasteiger partial charge on any atom is -0.275 e. The summed E-state index contributed by atoms with van der Waals surface area (Å²) in [5.41, 5.74) is 0. The van der Waals surface area contributed by atoms with Crippen LogP contribution in [0.1, 0.15) is 19.8 Å². The quantitative estimate of drug-likeness (QED) is 0.613. The van der Waals surface area contributed by atoms with Gasteiger partial charge in [0.2, 0.25) is 0 Å². The van der Waals surface area contributed by atoms with Gasteiger partial charge in [-0.05, 0) is 6.42 Å². The van der Waals surface area contributed by atoms with E-state index >= 15 is 0 Å². The molecule has 0 aromatic rings. The maximum absolute atomic E-state index is 8.48. The summed E-state index contributed by atoms with van der Waals surface area (Å²) in [6, 6.07) is 1.84. The Hall–Kier alpha value is -1.11. The van der Waals surface area contributed by atoms with E-state index < -0.39 is 0 Å². The fourth-order valence-electron chi connectivity index (χ4n) is 0.951. The molecule has 0 N–H and O–H groups in total. The Kier molecular flexibility index (Phi) is 2.84. The van der Waals surface area contributed by atoms with Crippen molar-refractivity contribution in [1.29, 1.82) is 5.26 Å². The van der Waals surface area contributed by atoms with Crippen LogP contribution in [0.15, 0.2) is 10.3 Å². The van der Waals surface area contributed by atoms with Crippen molar-refractivity contribution in [2.75, 3.05) is 13.1 Å². The van der Waals surface area contributed by atoms with Gasteiger partial charge in [0, 0.05) is 6.54 Å². The van der Waals surface area contributed by atoms with Gasteiger partial charge in [0.05, 0.1) is 12.6 Å². The van der Waals surface area contributed by atoms with Crippen molar-refractivity contribution in [2.24, 2.45) is 10.3 Å². The predicted molar refractivity (Wildman–Crippen MR) is 40.7 cm³/mol. The summed E-state index contributed by atoms with van der Waals surface area (Å²) < 4.78 is 0. The van der Waals surface area contributed by atoms with Crippen LogP contribution in [0.25, 0.3) is 0 Å². The second kappa shape index (κ2) is 3.91. The van der Waals surface area contributed by atoms with Crippen molar-refractivity contribution in [3.05, 3.63) is 0 Å². The first kappa shape index (κ1) is 7.99. The van der Waals surface area contributed by atoms with E-state index in [9.17, 15) is 0 Å². The van der Waals surface area contributed by atoms with Crippen LogP contribution in [0.3, 0.4) is 0 Å². The molecule has 11 heavy (non-hydrogen) atoms. The van der Waals surface area contributed by atoms with E-state index in [1.807, 2.05) is 5.01 Å². The molecule has 1 aliphatic rings. The number of hydrogen-bond donors (Lipinski definition) is 0. The second-order valence-corrected chi connectivity index (χ2v) is 2.62. The Labute approximate surface area is 66.5 Å². The molecule has 0 aliphatic carbocycles. The molecular formula is C7H12N4. The van der Waals surface area contributed by atoms with Crippen LogP contribution >= 0.6 is 0 Å². The van der Waals surface area contributed by atoms with Crippen molar-refractivity contribution in [2.45, 2.75) is 25.8 Å². The van der Waals surface area contributed by atoms with Crippen LogP contribution in [0.2, 0.25) is 0 Å². The van der Waals surface area contributed by atoms with Crippen LogP contribution in [0, 0.1) is 11.3 Å². The zero-order chi connectivity index (χ0) is 8.10. The molecular weight excluding hydrogens is 140 g/mol. The molecule has 0 unspecified atom stereocenters. The Morgan fingerprint density at radius 3 is 3.09 bits per heavy atom. The maximum atomic E-state index is 8.48. The van der Waals surface area contributed by atoms with Crippen LogP contribution in [-0.2, 0) is 0 Å². The molecule has 0 aromatic heterocycles. The summed E-state index contributed by atoms with van der Waals surface area (Å²) in [5.74, 6) is 0. The highest BCUT2D eigenvalue weighted by molar-refractivity contribution is 4.92. The topological polar surface area (TPSA) is 51.8 Å². The van der Waals surface area contributed by atoms with Crippen molar-refractivity contribution in [3.8, 4) is 6.07 Å². The zero-order valence-corrected chi connectivity index (χ0v) is 6.69. The van der Waals surface area contributed by atoms with E-state index in [0.717, 1.165) is 19.4 Å². The van der Waals surface area contributed by atoms with Gasteiger partial charge in [0.1, 0.15) is 0 Å². The minimum absolute atomic E-state index is 0.230. The van der Waals surface area contributed by atoms with E-state index in [0.29, 0.717) is 6.54 Å². The molecule has 1 rings (SSSR count). The van der Waals surface area contributed by atoms with Gasteiger partial charge in [-0.2, -0.15) is 10.4 Å². The first-order chi connectivity index (χ1) is 5.36. The standard InChI is InChI=1S/C7H12N4/c1-2-3-4-11-6-7(5-8)9-10-11/h7H,2-4,6H2,1H3/t7-/m0/s1. The van der Waals surface area contributed by atoms with Gasteiger partial charge in [0.15, 0.2) is 6.04 Å². The minimum atomic E-state index is -0.230.